The first kappa shape index (κ1) is 27.2. The maximum atomic E-state index is 12.7. The van der Waals surface area contributed by atoms with Gasteiger partial charge in [-0.1, -0.05) is 29.0 Å². The summed E-state index contributed by atoms with van der Waals surface area (Å²) in [5, 5.41) is 3.33. The Morgan fingerprint density at radius 1 is 1.24 bits per heavy atom. The number of carbonyl (C=O) groups is 3. The second-order valence-corrected chi connectivity index (χ2v) is 12.9. The minimum Gasteiger partial charge on any atom is -0.462 e. The molecule has 0 fully saturated rings. The molecule has 0 aliphatic heterocycles. The summed E-state index contributed by atoms with van der Waals surface area (Å²) in [4.78, 5) is 42.9. The Morgan fingerprint density at radius 2 is 2.03 bits per heavy atom. The molecule has 2 amide bonds. The number of hydrogen-bond donors (Lipinski definition) is 1. The largest absolute Gasteiger partial charge is 0.462 e. The quantitative estimate of drug-likeness (QED) is 0.303. The monoisotopic (exact) mass is 581 g/mol. The lowest BCUT2D eigenvalue weighted by Gasteiger charge is -2.08. The lowest BCUT2D eigenvalue weighted by atomic mass is 10.1. The highest BCUT2D eigenvalue weighted by Crippen LogP contribution is 2.39. The minimum atomic E-state index is -4.13. The number of nitrogens with one attached hydrogen (secondary N) is 1. The molecule has 196 valence electrons. The van der Waals surface area contributed by atoms with Crippen molar-refractivity contribution in [1.29, 1.82) is 0 Å². The van der Waals surface area contributed by atoms with Gasteiger partial charge in [0.25, 0.3) is 5.91 Å². The molecular formula is C24H24ClN3O6S3. The third kappa shape index (κ3) is 6.20. The zero-order valence-corrected chi connectivity index (χ0v) is 23.1. The summed E-state index contributed by atoms with van der Waals surface area (Å²) in [6.45, 7) is 5.93. The predicted octanol–water partition coefficient (Wildman–Crippen LogP) is 3.75. The third-order valence-corrected chi connectivity index (χ3v) is 9.40. The molecule has 1 aliphatic rings. The number of allylic oxidation sites excluding steroid dienone is 1. The van der Waals surface area contributed by atoms with Gasteiger partial charge >= 0.3 is 5.97 Å². The molecule has 2 aromatic heterocycles. The van der Waals surface area contributed by atoms with E-state index in [0.29, 0.717) is 22.8 Å². The number of anilines is 1. The lowest BCUT2D eigenvalue weighted by molar-refractivity contribution is -0.115. The van der Waals surface area contributed by atoms with Gasteiger partial charge in [0.2, 0.25) is 5.91 Å². The summed E-state index contributed by atoms with van der Waals surface area (Å²) in [5.41, 5.74) is 1.91. The number of ether oxygens (including phenoxy) is 1. The fourth-order valence-electron chi connectivity index (χ4n) is 4.09. The number of nitrogens with zero attached hydrogens (tertiary/aromatic N) is 2. The predicted molar refractivity (Wildman–Crippen MR) is 145 cm³/mol. The average molecular weight is 582 g/mol. The number of hydrogen-bond acceptors (Lipinski definition) is 8. The first-order valence-electron chi connectivity index (χ1n) is 11.4. The molecule has 0 atom stereocenters. The third-order valence-electron chi connectivity index (χ3n) is 5.53. The fourth-order valence-corrected chi connectivity index (χ4v) is 7.73. The van der Waals surface area contributed by atoms with Crippen LogP contribution in [-0.4, -0.2) is 48.9 Å². The van der Waals surface area contributed by atoms with Gasteiger partial charge in [-0.25, -0.2) is 13.2 Å². The first-order chi connectivity index (χ1) is 17.6. The molecule has 9 nitrogen and oxygen atoms in total. The Hall–Kier alpha value is -2.80. The van der Waals surface area contributed by atoms with Gasteiger partial charge in [0, 0.05) is 16.4 Å². The maximum absolute atomic E-state index is 12.7. The van der Waals surface area contributed by atoms with Crippen LogP contribution in [0.1, 0.15) is 34.1 Å². The van der Waals surface area contributed by atoms with E-state index < -0.39 is 39.1 Å². The Balaban J connectivity index is 1.50. The summed E-state index contributed by atoms with van der Waals surface area (Å²) in [5.74, 6) is -4.14. The average Bonchev–Trinajstić information content (AvgIpc) is 3.46. The van der Waals surface area contributed by atoms with Crippen LogP contribution in [0.15, 0.2) is 35.8 Å². The van der Waals surface area contributed by atoms with Crippen molar-refractivity contribution in [1.82, 2.24) is 4.57 Å². The number of amides is 2. The number of rotatable bonds is 9. The molecule has 0 saturated heterocycles. The second-order valence-electron chi connectivity index (χ2n) is 8.26. The molecule has 4 rings (SSSR count). The van der Waals surface area contributed by atoms with Crippen LogP contribution >= 0.6 is 34.3 Å². The summed E-state index contributed by atoms with van der Waals surface area (Å²) in [6.07, 6.45) is 4.02. The van der Waals surface area contributed by atoms with Crippen LogP contribution < -0.4 is 10.1 Å². The highest BCUT2D eigenvalue weighted by atomic mass is 35.5. The summed E-state index contributed by atoms with van der Waals surface area (Å²) >= 11 is 8.50. The van der Waals surface area contributed by atoms with E-state index in [2.05, 4.69) is 16.9 Å². The van der Waals surface area contributed by atoms with Gasteiger partial charge < -0.3 is 14.6 Å². The molecule has 1 aromatic carbocycles. The molecule has 3 aromatic rings. The van der Waals surface area contributed by atoms with Crippen LogP contribution in [0.5, 0.6) is 0 Å². The van der Waals surface area contributed by atoms with E-state index in [4.69, 9.17) is 16.3 Å². The van der Waals surface area contributed by atoms with Crippen LogP contribution in [-0.2, 0) is 43.5 Å². The molecule has 0 saturated carbocycles. The molecule has 0 bridgehead atoms. The van der Waals surface area contributed by atoms with Crippen molar-refractivity contribution in [3.05, 3.63) is 56.7 Å². The Kier molecular flexibility index (Phi) is 8.32. The molecular weight excluding hydrogens is 558 g/mol. The van der Waals surface area contributed by atoms with Gasteiger partial charge in [-0.3, -0.25) is 9.59 Å². The van der Waals surface area contributed by atoms with E-state index in [-0.39, 0.29) is 17.2 Å². The van der Waals surface area contributed by atoms with Crippen molar-refractivity contribution in [3.8, 4) is 0 Å². The molecule has 0 radical (unpaired) electrons. The highest BCUT2D eigenvalue weighted by molar-refractivity contribution is 7.92. The summed E-state index contributed by atoms with van der Waals surface area (Å²) in [7, 11) is -4.13. The topological polar surface area (TPSA) is 124 Å². The van der Waals surface area contributed by atoms with Gasteiger partial charge in [-0.2, -0.15) is 4.99 Å². The van der Waals surface area contributed by atoms with E-state index in [9.17, 15) is 22.8 Å². The molecule has 0 unspecified atom stereocenters. The van der Waals surface area contributed by atoms with Crippen molar-refractivity contribution < 1.29 is 27.5 Å². The number of halogens is 1. The molecule has 1 aliphatic carbocycles. The van der Waals surface area contributed by atoms with Gasteiger partial charge in [0.15, 0.2) is 14.6 Å². The highest BCUT2D eigenvalue weighted by Gasteiger charge is 2.29. The van der Waals surface area contributed by atoms with Crippen LogP contribution in [0, 0.1) is 0 Å². The number of carbonyl (C=O) groups excluding carboxylic acids is 3. The number of thiazole rings is 1. The SMILES string of the molecule is C=CCn1c(=NC(=O)CS(=O)(=O)CC(=O)Nc2sc3c(c2C(=O)OCC)CCC3)sc2cc(Cl)ccc21. The Labute approximate surface area is 226 Å². The van der Waals surface area contributed by atoms with Crippen molar-refractivity contribution in [2.75, 3.05) is 23.4 Å². The molecule has 0 spiro atoms. The lowest BCUT2D eigenvalue weighted by Crippen LogP contribution is -2.28. The zero-order chi connectivity index (χ0) is 26.7. The molecule has 13 heteroatoms. The number of aryl methyl sites for hydroxylation is 1. The number of thiophene rings is 1. The Morgan fingerprint density at radius 3 is 2.76 bits per heavy atom. The number of benzene rings is 1. The van der Waals surface area contributed by atoms with Crippen LogP contribution in [0.3, 0.4) is 0 Å². The normalized spacial score (nSPS) is 13.5. The minimum absolute atomic E-state index is 0.177. The van der Waals surface area contributed by atoms with E-state index in [1.54, 1.807) is 35.8 Å². The maximum Gasteiger partial charge on any atom is 0.341 e. The van der Waals surface area contributed by atoms with Crippen LogP contribution in [0.25, 0.3) is 10.2 Å². The van der Waals surface area contributed by atoms with Gasteiger partial charge in [-0.05, 0) is 49.9 Å². The van der Waals surface area contributed by atoms with Gasteiger partial charge in [0.05, 0.1) is 22.4 Å². The first-order valence-corrected chi connectivity index (χ1v) is 15.2. The molecule has 1 N–H and O–H groups in total. The second kappa shape index (κ2) is 11.3. The van der Waals surface area contributed by atoms with Crippen molar-refractivity contribution in [2.45, 2.75) is 32.7 Å². The number of esters is 1. The van der Waals surface area contributed by atoms with Gasteiger partial charge in [0.1, 0.15) is 16.5 Å². The van der Waals surface area contributed by atoms with E-state index in [1.165, 1.54) is 22.7 Å². The molecule has 37 heavy (non-hydrogen) atoms. The Bertz CT molecular complexity index is 1580. The van der Waals surface area contributed by atoms with E-state index in [0.717, 1.165) is 33.5 Å². The van der Waals surface area contributed by atoms with Gasteiger partial charge in [-0.15, -0.1) is 17.9 Å². The number of aromatic nitrogens is 1. The van der Waals surface area contributed by atoms with E-state index >= 15 is 0 Å². The van der Waals surface area contributed by atoms with Crippen molar-refractivity contribution >= 4 is 77.1 Å². The standard InChI is InChI=1S/C24H24ClN3O6S3/c1-3-10-28-16-9-8-14(25)11-18(16)36-24(28)27-20(30)13-37(32,33)12-19(29)26-22-21(23(31)34-4-2)15-6-5-7-17(15)35-22/h3,8-9,11H,1,4-7,10,12-13H2,2H3,(H,26,29). The van der Waals surface area contributed by atoms with Crippen molar-refractivity contribution in [3.63, 3.8) is 0 Å². The summed E-state index contributed by atoms with van der Waals surface area (Å²) in [6, 6.07) is 5.23. The van der Waals surface area contributed by atoms with E-state index in [1.807, 2.05) is 0 Å². The smallest absolute Gasteiger partial charge is 0.341 e. The summed E-state index contributed by atoms with van der Waals surface area (Å²) < 4.78 is 32.9. The molecule has 2 heterocycles. The van der Waals surface area contributed by atoms with Crippen molar-refractivity contribution in [2.24, 2.45) is 4.99 Å². The van der Waals surface area contributed by atoms with Crippen LogP contribution in [0.4, 0.5) is 5.00 Å². The van der Waals surface area contributed by atoms with Crippen LogP contribution in [0.2, 0.25) is 5.02 Å². The number of fused-ring (bicyclic) bond motifs is 2. The number of sulfone groups is 1. The zero-order valence-electron chi connectivity index (χ0n) is 19.9. The fraction of sp³-hybridized carbons (Fsp3) is 0.333.